The number of hydrogen-bond donors (Lipinski definition) is 0. The van der Waals surface area contributed by atoms with E-state index in [1.54, 1.807) is 0 Å². The van der Waals surface area contributed by atoms with Crippen molar-refractivity contribution in [2.24, 2.45) is 0 Å². The van der Waals surface area contributed by atoms with Crippen LogP contribution in [0, 0.1) is 0 Å². The van der Waals surface area contributed by atoms with Crippen LogP contribution in [-0.4, -0.2) is 51.6 Å². The standard InChI is InChI=1S/C13H39O5Si6/c1-19(2)14-24(16-21(6,7)8,17-22(9,10)11)18-23(12,13)15-20(3,4)5/h1-13H3. The van der Waals surface area contributed by atoms with Gasteiger partial charge in [-0.05, 0) is 85.1 Å². The second-order valence-electron chi connectivity index (χ2n) is 9.66. The summed E-state index contributed by atoms with van der Waals surface area (Å²) in [6, 6.07) is 0. The molecule has 0 atom stereocenters. The fourth-order valence-electron chi connectivity index (χ4n) is 2.18. The van der Waals surface area contributed by atoms with Gasteiger partial charge in [0.05, 0.1) is 0 Å². The van der Waals surface area contributed by atoms with E-state index in [0.717, 1.165) is 0 Å². The van der Waals surface area contributed by atoms with E-state index in [1.165, 1.54) is 0 Å². The van der Waals surface area contributed by atoms with E-state index in [2.05, 4.69) is 85.1 Å². The molecule has 0 rings (SSSR count). The van der Waals surface area contributed by atoms with Crippen LogP contribution >= 0.6 is 0 Å². The van der Waals surface area contributed by atoms with E-state index in [1.807, 2.05) is 0 Å². The first-order valence-corrected chi connectivity index (χ1v) is 25.6. The van der Waals surface area contributed by atoms with Crippen LogP contribution in [0.15, 0.2) is 0 Å². The summed E-state index contributed by atoms with van der Waals surface area (Å²) in [6.07, 6.45) is 0. The van der Waals surface area contributed by atoms with Gasteiger partial charge in [0.15, 0.2) is 34.0 Å². The fourth-order valence-corrected chi connectivity index (χ4v) is 22.3. The first kappa shape index (κ1) is 25.1. The monoisotopic (exact) mass is 443 g/mol. The lowest BCUT2D eigenvalue weighted by Gasteiger charge is -2.43. The summed E-state index contributed by atoms with van der Waals surface area (Å²) in [5.74, 6) is 0. The van der Waals surface area contributed by atoms with Gasteiger partial charge in [-0.25, -0.2) is 0 Å². The molecule has 0 unspecified atom stereocenters. The second kappa shape index (κ2) is 8.41. The minimum atomic E-state index is -3.24. The molecule has 11 heteroatoms. The van der Waals surface area contributed by atoms with Gasteiger partial charge >= 0.3 is 17.6 Å². The van der Waals surface area contributed by atoms with Gasteiger partial charge in [-0.15, -0.1) is 0 Å². The van der Waals surface area contributed by atoms with E-state index in [9.17, 15) is 0 Å². The topological polar surface area (TPSA) is 46.2 Å². The van der Waals surface area contributed by atoms with Crippen LogP contribution in [0.1, 0.15) is 0 Å². The quantitative estimate of drug-likeness (QED) is 0.446. The summed E-state index contributed by atoms with van der Waals surface area (Å²) in [7, 11) is -12.3. The lowest BCUT2D eigenvalue weighted by molar-refractivity contribution is 0.139. The van der Waals surface area contributed by atoms with Crippen molar-refractivity contribution in [2.45, 2.75) is 85.1 Å². The zero-order chi connectivity index (χ0) is 19.6. The summed E-state index contributed by atoms with van der Waals surface area (Å²) in [5, 5.41) is 0. The molecule has 0 aromatic carbocycles. The molecular formula is C13H39O5Si6. The Kier molecular flexibility index (Phi) is 8.80. The van der Waals surface area contributed by atoms with Crippen LogP contribution in [-0.2, 0) is 20.6 Å². The van der Waals surface area contributed by atoms with Gasteiger partial charge in [0, 0.05) is 0 Å². The summed E-state index contributed by atoms with van der Waals surface area (Å²) < 4.78 is 32.3. The highest BCUT2D eigenvalue weighted by atomic mass is 28.5. The molecule has 0 aromatic rings. The lowest BCUT2D eigenvalue weighted by Crippen LogP contribution is -2.65. The molecule has 145 valence electrons. The molecule has 0 saturated heterocycles. The van der Waals surface area contributed by atoms with Crippen molar-refractivity contribution in [3.8, 4) is 0 Å². The van der Waals surface area contributed by atoms with E-state index in [4.69, 9.17) is 20.6 Å². The molecule has 24 heavy (non-hydrogen) atoms. The Labute approximate surface area is 157 Å². The van der Waals surface area contributed by atoms with Gasteiger partial charge in [-0.2, -0.15) is 0 Å². The van der Waals surface area contributed by atoms with Crippen molar-refractivity contribution in [3.05, 3.63) is 0 Å². The highest BCUT2D eigenvalue weighted by molar-refractivity contribution is 6.90. The minimum absolute atomic E-state index is 1.04. The Morgan fingerprint density at radius 1 is 0.500 bits per heavy atom. The summed E-state index contributed by atoms with van der Waals surface area (Å²) in [4.78, 5) is 0. The van der Waals surface area contributed by atoms with Gasteiger partial charge in [-0.1, -0.05) is 0 Å². The maximum absolute atomic E-state index is 6.58. The molecule has 0 saturated carbocycles. The summed E-state index contributed by atoms with van der Waals surface area (Å²) >= 11 is 0. The predicted octanol–water partition coefficient (Wildman–Crippen LogP) is 4.96. The maximum Gasteiger partial charge on any atom is 0.638 e. The Bertz CT molecular complexity index is 381. The van der Waals surface area contributed by atoms with Gasteiger partial charge < -0.3 is 20.6 Å². The molecule has 0 amide bonds. The largest absolute Gasteiger partial charge is 0.638 e. The normalized spacial score (nSPS) is 15.2. The number of rotatable bonds is 10. The smallest absolute Gasteiger partial charge is 0.437 e. The highest BCUT2D eigenvalue weighted by Gasteiger charge is 2.56. The Morgan fingerprint density at radius 3 is 1.08 bits per heavy atom. The first-order valence-electron chi connectivity index (χ1n) is 8.54. The van der Waals surface area contributed by atoms with Gasteiger partial charge in [0.1, 0.15) is 0 Å². The molecule has 0 aliphatic carbocycles. The van der Waals surface area contributed by atoms with Crippen molar-refractivity contribution in [2.75, 3.05) is 0 Å². The van der Waals surface area contributed by atoms with Gasteiger partial charge in [0.2, 0.25) is 0 Å². The molecule has 0 N–H and O–H groups in total. The third-order valence-corrected chi connectivity index (χ3v) is 19.0. The molecule has 0 aliphatic rings. The van der Waals surface area contributed by atoms with Crippen molar-refractivity contribution in [1.29, 1.82) is 0 Å². The highest BCUT2D eigenvalue weighted by Crippen LogP contribution is 2.29. The van der Waals surface area contributed by atoms with Crippen molar-refractivity contribution in [3.63, 3.8) is 0 Å². The Morgan fingerprint density at radius 2 is 0.833 bits per heavy atom. The molecule has 5 nitrogen and oxygen atoms in total. The van der Waals surface area contributed by atoms with Crippen LogP contribution in [0.3, 0.4) is 0 Å². The zero-order valence-electron chi connectivity index (χ0n) is 18.0. The molecular weight excluding hydrogens is 405 g/mol. The van der Waals surface area contributed by atoms with Gasteiger partial charge in [0.25, 0.3) is 0 Å². The first-order chi connectivity index (χ1) is 10.2. The fraction of sp³-hybridized carbons (Fsp3) is 1.00. The van der Waals surface area contributed by atoms with Gasteiger partial charge in [-0.3, -0.25) is 0 Å². The van der Waals surface area contributed by atoms with Crippen LogP contribution in [0.2, 0.25) is 85.1 Å². The Hall–Kier alpha value is 1.10. The third-order valence-electron chi connectivity index (χ3n) is 2.11. The molecule has 0 fully saturated rings. The average molecular weight is 444 g/mol. The van der Waals surface area contributed by atoms with Crippen molar-refractivity contribution < 1.29 is 20.6 Å². The molecule has 1 radical (unpaired) electrons. The van der Waals surface area contributed by atoms with Crippen LogP contribution in [0.25, 0.3) is 0 Å². The average Bonchev–Trinajstić information content (AvgIpc) is 2.00. The maximum atomic E-state index is 6.58. The second-order valence-corrected chi connectivity index (χ2v) is 32.0. The zero-order valence-corrected chi connectivity index (χ0v) is 24.0. The third kappa shape index (κ3) is 12.5. The minimum Gasteiger partial charge on any atom is -0.437 e. The van der Waals surface area contributed by atoms with Crippen LogP contribution in [0.5, 0.6) is 0 Å². The molecule has 0 aliphatic heterocycles. The number of hydrogen-bond acceptors (Lipinski definition) is 5. The summed E-state index contributed by atoms with van der Waals surface area (Å²) in [5.41, 5.74) is 0. The van der Waals surface area contributed by atoms with E-state index in [-0.39, 0.29) is 0 Å². The predicted molar refractivity (Wildman–Crippen MR) is 116 cm³/mol. The SMILES string of the molecule is C[Si](C)O[Si](O[Si](C)(C)C)(O[Si](C)(C)C)O[Si](C)(C)O[Si](C)(C)C. The lowest BCUT2D eigenvalue weighted by atomic mass is 11.8. The summed E-state index contributed by atoms with van der Waals surface area (Å²) in [6.45, 7) is 27.8. The van der Waals surface area contributed by atoms with E-state index >= 15 is 0 Å². The van der Waals surface area contributed by atoms with Crippen LogP contribution < -0.4 is 0 Å². The van der Waals surface area contributed by atoms with Crippen molar-refractivity contribution >= 4 is 51.6 Å². The Balaban J connectivity index is 5.78. The molecule has 0 bridgehead atoms. The van der Waals surface area contributed by atoms with E-state index < -0.39 is 51.6 Å². The molecule has 0 spiro atoms. The van der Waals surface area contributed by atoms with Crippen molar-refractivity contribution in [1.82, 2.24) is 0 Å². The molecule has 0 heterocycles. The van der Waals surface area contributed by atoms with Crippen LogP contribution in [0.4, 0.5) is 0 Å². The van der Waals surface area contributed by atoms with E-state index in [0.29, 0.717) is 0 Å². The molecule has 0 aromatic heterocycles.